The number of carbonyl (C=O) groups is 1. The Balaban J connectivity index is 1.83. The topological polar surface area (TPSA) is 65.5 Å². The van der Waals surface area contributed by atoms with Gasteiger partial charge in [0.25, 0.3) is 0 Å². The van der Waals surface area contributed by atoms with Gasteiger partial charge in [-0.05, 0) is 35.1 Å². The minimum Gasteiger partial charge on any atom is -0.356 e. The maximum atomic E-state index is 11.9. The van der Waals surface area contributed by atoms with Crippen molar-refractivity contribution >= 4 is 28.9 Å². The lowest BCUT2D eigenvalue weighted by Gasteiger charge is -2.15. The summed E-state index contributed by atoms with van der Waals surface area (Å²) in [5, 5.41) is 11.8. The van der Waals surface area contributed by atoms with E-state index in [1.807, 2.05) is 38.1 Å². The molecule has 0 spiro atoms. The van der Waals surface area contributed by atoms with Crippen LogP contribution in [0.25, 0.3) is 0 Å². The second kappa shape index (κ2) is 10.7. The summed E-state index contributed by atoms with van der Waals surface area (Å²) >= 11 is 1.78. The van der Waals surface area contributed by atoms with E-state index in [2.05, 4.69) is 45.4 Å². The van der Waals surface area contributed by atoms with Crippen LogP contribution in [0.5, 0.6) is 0 Å². The third-order valence-electron chi connectivity index (χ3n) is 4.09. The van der Waals surface area contributed by atoms with Gasteiger partial charge in [-0.2, -0.15) is 0 Å². The zero-order valence-corrected chi connectivity index (χ0v) is 17.4. The van der Waals surface area contributed by atoms with Gasteiger partial charge in [0.05, 0.1) is 0 Å². The molecule has 3 N–H and O–H groups in total. The molecule has 0 saturated carbocycles. The first-order valence-corrected chi connectivity index (χ1v) is 10.2. The molecular weight excluding hydrogens is 356 g/mol. The number of nitrogens with zero attached hydrogens (tertiary/aromatic N) is 1. The van der Waals surface area contributed by atoms with E-state index in [-0.39, 0.29) is 5.91 Å². The lowest BCUT2D eigenvalue weighted by Crippen LogP contribution is -2.38. The number of hydrogen-bond donors (Lipinski definition) is 3. The monoisotopic (exact) mass is 386 g/mol. The first-order valence-electron chi connectivity index (χ1n) is 9.34. The minimum absolute atomic E-state index is 0.0511. The Kier molecular flexibility index (Phi) is 8.33. The summed E-state index contributed by atoms with van der Waals surface area (Å²) in [5.41, 5.74) is 1.92. The molecule has 0 saturated heterocycles. The fourth-order valence-corrected chi connectivity index (χ4v) is 3.46. The van der Waals surface area contributed by atoms with Crippen molar-refractivity contribution < 1.29 is 4.79 Å². The molecule has 1 heterocycles. The van der Waals surface area contributed by atoms with Crippen LogP contribution in [0.1, 0.15) is 43.6 Å². The fraction of sp³-hybridized carbons (Fsp3) is 0.429. The lowest BCUT2D eigenvalue weighted by molar-refractivity contribution is -0.116. The predicted molar refractivity (Wildman–Crippen MR) is 115 cm³/mol. The average Bonchev–Trinajstić information content (AvgIpc) is 3.16. The zero-order chi connectivity index (χ0) is 19.6. The molecule has 6 heteroatoms. The summed E-state index contributed by atoms with van der Waals surface area (Å²) in [5.74, 6) is 1.60. The van der Waals surface area contributed by atoms with Crippen LogP contribution in [0.2, 0.25) is 0 Å². The van der Waals surface area contributed by atoms with Gasteiger partial charge in [0.15, 0.2) is 5.96 Å². The van der Waals surface area contributed by atoms with Crippen molar-refractivity contribution in [3.05, 3.63) is 52.2 Å². The standard InChI is InChI=1S/C21H30N4OS/c1-15(2)11-20(26)25-18-8-5-7-17(12-18)14-24-21(22-4)23-13-16(3)19-9-6-10-27-19/h5-10,12,15-16H,11,13-14H2,1-4H3,(H,25,26)(H2,22,23,24). The Bertz CT molecular complexity index is 740. The van der Waals surface area contributed by atoms with Crippen LogP contribution >= 0.6 is 11.3 Å². The van der Waals surface area contributed by atoms with Gasteiger partial charge in [-0.3, -0.25) is 9.79 Å². The molecule has 1 aromatic heterocycles. The molecule has 0 aliphatic carbocycles. The van der Waals surface area contributed by atoms with Gasteiger partial charge in [-0.1, -0.05) is 39.0 Å². The van der Waals surface area contributed by atoms with Crippen molar-refractivity contribution in [3.63, 3.8) is 0 Å². The summed E-state index contributed by atoms with van der Waals surface area (Å²) in [7, 11) is 1.77. The largest absolute Gasteiger partial charge is 0.356 e. The molecule has 0 bridgehead atoms. The van der Waals surface area contributed by atoms with Crippen LogP contribution in [0.15, 0.2) is 46.8 Å². The van der Waals surface area contributed by atoms with Crippen LogP contribution < -0.4 is 16.0 Å². The van der Waals surface area contributed by atoms with Gasteiger partial charge >= 0.3 is 0 Å². The number of amides is 1. The summed E-state index contributed by atoms with van der Waals surface area (Å²) in [4.78, 5) is 17.6. The van der Waals surface area contributed by atoms with E-state index in [0.29, 0.717) is 24.8 Å². The fourth-order valence-electron chi connectivity index (χ4n) is 2.67. The average molecular weight is 387 g/mol. The molecule has 1 unspecified atom stereocenters. The van der Waals surface area contributed by atoms with E-state index in [0.717, 1.165) is 23.8 Å². The van der Waals surface area contributed by atoms with Gasteiger partial charge in [0.1, 0.15) is 0 Å². The SMILES string of the molecule is CN=C(NCc1cccc(NC(=O)CC(C)C)c1)NCC(C)c1cccs1. The molecule has 1 atom stereocenters. The van der Waals surface area contributed by atoms with Gasteiger partial charge in [-0.25, -0.2) is 0 Å². The van der Waals surface area contributed by atoms with Crippen molar-refractivity contribution in [2.45, 2.75) is 39.7 Å². The van der Waals surface area contributed by atoms with Gasteiger partial charge in [0, 0.05) is 43.0 Å². The third kappa shape index (κ3) is 7.43. The highest BCUT2D eigenvalue weighted by molar-refractivity contribution is 7.10. The summed E-state index contributed by atoms with van der Waals surface area (Å²) in [6, 6.07) is 12.1. The third-order valence-corrected chi connectivity index (χ3v) is 5.20. The highest BCUT2D eigenvalue weighted by atomic mass is 32.1. The van der Waals surface area contributed by atoms with Crippen LogP contribution in [0, 0.1) is 5.92 Å². The molecular formula is C21H30N4OS. The van der Waals surface area contributed by atoms with Crippen LogP contribution in [0.3, 0.4) is 0 Å². The number of guanidine groups is 1. The van der Waals surface area contributed by atoms with Crippen molar-refractivity contribution in [2.75, 3.05) is 18.9 Å². The Morgan fingerprint density at radius 1 is 1.15 bits per heavy atom. The van der Waals surface area contributed by atoms with Crippen molar-refractivity contribution in [1.29, 1.82) is 0 Å². The molecule has 1 amide bonds. The second-order valence-electron chi connectivity index (χ2n) is 7.07. The smallest absolute Gasteiger partial charge is 0.224 e. The number of thiophene rings is 1. The van der Waals surface area contributed by atoms with E-state index >= 15 is 0 Å². The zero-order valence-electron chi connectivity index (χ0n) is 16.6. The van der Waals surface area contributed by atoms with Crippen molar-refractivity contribution in [3.8, 4) is 0 Å². The number of benzene rings is 1. The molecule has 0 fully saturated rings. The molecule has 1 aromatic carbocycles. The normalized spacial score (nSPS) is 12.7. The van der Waals surface area contributed by atoms with Gasteiger partial charge < -0.3 is 16.0 Å². The minimum atomic E-state index is 0.0511. The summed E-state index contributed by atoms with van der Waals surface area (Å²) < 4.78 is 0. The Morgan fingerprint density at radius 2 is 1.96 bits per heavy atom. The van der Waals surface area contributed by atoms with Crippen molar-refractivity contribution in [1.82, 2.24) is 10.6 Å². The van der Waals surface area contributed by atoms with E-state index in [1.165, 1.54) is 4.88 Å². The van der Waals surface area contributed by atoms with Crippen LogP contribution in [-0.4, -0.2) is 25.5 Å². The first kappa shape index (κ1) is 21.0. The molecule has 0 aliphatic rings. The molecule has 0 radical (unpaired) electrons. The molecule has 2 rings (SSSR count). The maximum Gasteiger partial charge on any atom is 0.224 e. The van der Waals surface area contributed by atoms with E-state index in [1.54, 1.807) is 18.4 Å². The van der Waals surface area contributed by atoms with E-state index in [9.17, 15) is 4.79 Å². The quantitative estimate of drug-likeness (QED) is 0.470. The second-order valence-corrected chi connectivity index (χ2v) is 8.05. The first-order chi connectivity index (χ1) is 13.0. The highest BCUT2D eigenvalue weighted by Crippen LogP contribution is 2.19. The highest BCUT2D eigenvalue weighted by Gasteiger charge is 2.08. The number of anilines is 1. The van der Waals surface area contributed by atoms with E-state index in [4.69, 9.17) is 0 Å². The number of nitrogens with one attached hydrogen (secondary N) is 3. The van der Waals surface area contributed by atoms with Gasteiger partial charge in [0.2, 0.25) is 5.91 Å². The molecule has 146 valence electrons. The number of carbonyl (C=O) groups excluding carboxylic acids is 1. The van der Waals surface area contributed by atoms with Crippen molar-refractivity contribution in [2.24, 2.45) is 10.9 Å². The number of hydrogen-bond acceptors (Lipinski definition) is 3. The Labute approximate surface area is 166 Å². The Morgan fingerprint density at radius 3 is 2.63 bits per heavy atom. The molecule has 2 aromatic rings. The predicted octanol–water partition coefficient (Wildman–Crippen LogP) is 4.20. The lowest BCUT2D eigenvalue weighted by atomic mass is 10.1. The molecule has 27 heavy (non-hydrogen) atoms. The molecule has 0 aliphatic heterocycles. The van der Waals surface area contributed by atoms with Crippen LogP contribution in [0.4, 0.5) is 5.69 Å². The Hall–Kier alpha value is -2.34. The molecule has 5 nitrogen and oxygen atoms in total. The number of rotatable bonds is 8. The van der Waals surface area contributed by atoms with E-state index < -0.39 is 0 Å². The van der Waals surface area contributed by atoms with Crippen LogP contribution in [-0.2, 0) is 11.3 Å². The summed E-state index contributed by atoms with van der Waals surface area (Å²) in [6.07, 6.45) is 0.529. The van der Waals surface area contributed by atoms with Gasteiger partial charge in [-0.15, -0.1) is 11.3 Å². The summed E-state index contributed by atoms with van der Waals surface area (Å²) in [6.45, 7) is 7.75. The number of aliphatic imine (C=N–C) groups is 1. The maximum absolute atomic E-state index is 11.9.